The van der Waals surface area contributed by atoms with E-state index in [0.29, 0.717) is 5.92 Å². The molecule has 1 aliphatic rings. The van der Waals surface area contributed by atoms with E-state index < -0.39 is 0 Å². The minimum absolute atomic E-state index is 0.691. The van der Waals surface area contributed by atoms with Crippen LogP contribution >= 0.6 is 21.7 Å². The zero-order valence-electron chi connectivity index (χ0n) is 11.5. The normalized spacial score (nSPS) is 28.6. The smallest absolute Gasteiger partial charge is 0.0268 e. The zero-order chi connectivity index (χ0) is 13.1. The van der Waals surface area contributed by atoms with E-state index in [2.05, 4.69) is 45.0 Å². The summed E-state index contributed by atoms with van der Waals surface area (Å²) in [5, 5.41) is 0. The van der Waals surface area contributed by atoms with Gasteiger partial charge in [-0.15, -0.1) is 0 Å². The van der Waals surface area contributed by atoms with Gasteiger partial charge in [-0.25, -0.2) is 0 Å². The van der Waals surface area contributed by atoms with Crippen LogP contribution in [0, 0.1) is 17.8 Å². The molecule has 3 atom stereocenters. The highest BCUT2D eigenvalue weighted by molar-refractivity contribution is 8.21. The summed E-state index contributed by atoms with van der Waals surface area (Å²) in [6, 6.07) is 8.68. The third kappa shape index (κ3) is 3.05. The molecule has 0 radical (unpaired) electrons. The summed E-state index contributed by atoms with van der Waals surface area (Å²) in [5.41, 5.74) is 1.47. The molecular weight excluding hydrogens is 260 g/mol. The van der Waals surface area contributed by atoms with Crippen LogP contribution in [0.4, 0.5) is 0 Å². The summed E-state index contributed by atoms with van der Waals surface area (Å²) in [4.78, 5) is 1.25. The molecule has 0 heterocycles. The maximum Gasteiger partial charge on any atom is 0.0268 e. The van der Waals surface area contributed by atoms with Gasteiger partial charge in [-0.05, 0) is 69.8 Å². The molecule has 2 rings (SSSR count). The van der Waals surface area contributed by atoms with Gasteiger partial charge >= 0.3 is 0 Å². The van der Waals surface area contributed by atoms with Crippen molar-refractivity contribution in [1.29, 1.82) is 0 Å². The maximum absolute atomic E-state index is 6.03. The Morgan fingerprint density at radius 1 is 1.22 bits per heavy atom. The molecule has 3 unspecified atom stereocenters. The molecule has 1 aromatic carbocycles. The first kappa shape index (κ1) is 14.3. The standard InChI is InChI=1S/C16H23ClS/c1-11(2)13-9-8-12(3)10-15(13)14-6-4-5-7-16(14)18-17/h4-7,11-13,15H,8-10H2,1-3H3. The molecule has 2 heteroatoms. The Morgan fingerprint density at radius 3 is 2.61 bits per heavy atom. The number of halogens is 1. The van der Waals surface area contributed by atoms with Crippen LogP contribution in [0.3, 0.4) is 0 Å². The molecule has 0 spiro atoms. The molecule has 18 heavy (non-hydrogen) atoms. The lowest BCUT2D eigenvalue weighted by Gasteiger charge is -2.38. The fourth-order valence-corrected chi connectivity index (χ4v) is 4.28. The third-order valence-corrected chi connectivity index (χ3v) is 5.46. The van der Waals surface area contributed by atoms with E-state index in [0.717, 1.165) is 17.8 Å². The van der Waals surface area contributed by atoms with Crippen molar-refractivity contribution in [1.82, 2.24) is 0 Å². The van der Waals surface area contributed by atoms with Gasteiger partial charge in [0.1, 0.15) is 0 Å². The summed E-state index contributed by atoms with van der Waals surface area (Å²) in [6.45, 7) is 7.12. The summed E-state index contributed by atoms with van der Waals surface area (Å²) in [6.07, 6.45) is 4.07. The van der Waals surface area contributed by atoms with Crippen molar-refractivity contribution in [3.8, 4) is 0 Å². The predicted molar refractivity (Wildman–Crippen MR) is 82.2 cm³/mol. The lowest BCUT2D eigenvalue weighted by Crippen LogP contribution is -2.26. The fraction of sp³-hybridized carbons (Fsp3) is 0.625. The average Bonchev–Trinajstić information content (AvgIpc) is 2.38. The van der Waals surface area contributed by atoms with Gasteiger partial charge in [-0.2, -0.15) is 0 Å². The molecule has 1 fully saturated rings. The topological polar surface area (TPSA) is 0 Å². The lowest BCUT2D eigenvalue weighted by atomic mass is 9.67. The van der Waals surface area contributed by atoms with Crippen molar-refractivity contribution in [2.75, 3.05) is 0 Å². The lowest BCUT2D eigenvalue weighted by molar-refractivity contribution is 0.195. The van der Waals surface area contributed by atoms with Gasteiger partial charge in [0.05, 0.1) is 0 Å². The van der Waals surface area contributed by atoms with E-state index in [1.54, 1.807) is 0 Å². The van der Waals surface area contributed by atoms with Crippen LogP contribution in [0.1, 0.15) is 51.5 Å². The number of benzene rings is 1. The van der Waals surface area contributed by atoms with E-state index in [1.165, 1.54) is 40.7 Å². The van der Waals surface area contributed by atoms with E-state index in [4.69, 9.17) is 10.7 Å². The molecule has 0 bridgehead atoms. The van der Waals surface area contributed by atoms with Crippen molar-refractivity contribution in [2.45, 2.75) is 50.8 Å². The molecule has 0 amide bonds. The van der Waals surface area contributed by atoms with Crippen molar-refractivity contribution in [3.63, 3.8) is 0 Å². The molecular formula is C16H23ClS. The molecule has 0 saturated heterocycles. The number of rotatable bonds is 3. The van der Waals surface area contributed by atoms with E-state index in [1.807, 2.05) is 0 Å². The van der Waals surface area contributed by atoms with Crippen LogP contribution in [0.2, 0.25) is 0 Å². The van der Waals surface area contributed by atoms with Gasteiger partial charge in [-0.1, -0.05) is 45.4 Å². The first-order chi connectivity index (χ1) is 8.63. The second-order valence-corrected chi connectivity index (χ2v) is 7.10. The number of hydrogen-bond acceptors (Lipinski definition) is 1. The van der Waals surface area contributed by atoms with Crippen LogP contribution in [-0.2, 0) is 0 Å². The second-order valence-electron chi connectivity index (χ2n) is 6.05. The van der Waals surface area contributed by atoms with E-state index in [9.17, 15) is 0 Å². The Morgan fingerprint density at radius 2 is 1.94 bits per heavy atom. The Labute approximate surface area is 120 Å². The average molecular weight is 283 g/mol. The first-order valence-electron chi connectivity index (χ1n) is 7.01. The van der Waals surface area contributed by atoms with Gasteiger partial charge in [0.2, 0.25) is 0 Å². The molecule has 0 nitrogen and oxygen atoms in total. The summed E-state index contributed by atoms with van der Waals surface area (Å²) in [7, 11) is 7.41. The molecule has 0 aromatic heterocycles. The van der Waals surface area contributed by atoms with Gasteiger partial charge in [0.25, 0.3) is 0 Å². The van der Waals surface area contributed by atoms with E-state index >= 15 is 0 Å². The van der Waals surface area contributed by atoms with Crippen molar-refractivity contribution in [2.24, 2.45) is 17.8 Å². The minimum Gasteiger partial charge on any atom is -0.0625 e. The summed E-state index contributed by atoms with van der Waals surface area (Å²) < 4.78 is 0. The Bertz CT molecular complexity index is 388. The SMILES string of the molecule is CC1CCC(C(C)C)C(c2ccccc2SCl)C1. The quantitative estimate of drug-likeness (QED) is 0.645. The second kappa shape index (κ2) is 6.34. The number of hydrogen-bond donors (Lipinski definition) is 0. The highest BCUT2D eigenvalue weighted by atomic mass is 35.7. The predicted octanol–water partition coefficient (Wildman–Crippen LogP) is 6.11. The van der Waals surface area contributed by atoms with Crippen molar-refractivity contribution in [3.05, 3.63) is 29.8 Å². The van der Waals surface area contributed by atoms with Crippen LogP contribution in [0.5, 0.6) is 0 Å². The fourth-order valence-electron chi connectivity index (χ4n) is 3.42. The van der Waals surface area contributed by atoms with Crippen molar-refractivity contribution >= 4 is 21.7 Å². The van der Waals surface area contributed by atoms with Crippen LogP contribution in [0.25, 0.3) is 0 Å². The largest absolute Gasteiger partial charge is 0.0625 e. The molecule has 0 aliphatic heterocycles. The monoisotopic (exact) mass is 282 g/mol. The molecule has 100 valence electrons. The van der Waals surface area contributed by atoms with Crippen molar-refractivity contribution < 1.29 is 0 Å². The molecule has 0 N–H and O–H groups in total. The Hall–Kier alpha value is -0.140. The zero-order valence-corrected chi connectivity index (χ0v) is 13.1. The first-order valence-corrected chi connectivity index (χ1v) is 8.65. The van der Waals surface area contributed by atoms with Gasteiger partial charge in [0, 0.05) is 4.90 Å². The molecule has 1 saturated carbocycles. The third-order valence-electron chi connectivity index (χ3n) is 4.42. The van der Waals surface area contributed by atoms with Gasteiger partial charge in [-0.3, -0.25) is 0 Å². The van der Waals surface area contributed by atoms with Crippen LogP contribution in [-0.4, -0.2) is 0 Å². The van der Waals surface area contributed by atoms with E-state index in [-0.39, 0.29) is 0 Å². The summed E-state index contributed by atoms with van der Waals surface area (Å²) in [5.74, 6) is 3.11. The van der Waals surface area contributed by atoms with Crippen LogP contribution < -0.4 is 0 Å². The van der Waals surface area contributed by atoms with Crippen LogP contribution in [0.15, 0.2) is 29.2 Å². The molecule has 1 aliphatic carbocycles. The Balaban J connectivity index is 2.32. The Kier molecular flexibility index (Phi) is 5.03. The highest BCUT2D eigenvalue weighted by Gasteiger charge is 2.32. The maximum atomic E-state index is 6.03. The summed E-state index contributed by atoms with van der Waals surface area (Å²) >= 11 is 0. The van der Waals surface area contributed by atoms with Gasteiger partial charge < -0.3 is 0 Å². The highest BCUT2D eigenvalue weighted by Crippen LogP contribution is 2.46. The minimum atomic E-state index is 0.691. The van der Waals surface area contributed by atoms with Gasteiger partial charge in [0.15, 0.2) is 0 Å². The molecule has 1 aromatic rings.